The molecule has 2 rings (SSSR count). The molecule has 0 unspecified atom stereocenters. The summed E-state index contributed by atoms with van der Waals surface area (Å²) in [6.45, 7) is -1.22. The van der Waals surface area contributed by atoms with E-state index in [0.717, 1.165) is 18.2 Å². The number of carbonyl (C=O) groups excluding carboxylic acids is 1. The third-order valence-corrected chi connectivity index (χ3v) is 6.79. The highest BCUT2D eigenvalue weighted by Crippen LogP contribution is 2.54. The topological polar surface area (TPSA) is 116 Å². The molecule has 0 aliphatic carbocycles. The van der Waals surface area contributed by atoms with Crippen molar-refractivity contribution < 1.29 is 66.8 Å². The van der Waals surface area contributed by atoms with Crippen molar-refractivity contribution in [3.63, 3.8) is 0 Å². The Balaban J connectivity index is 2.23. The summed E-state index contributed by atoms with van der Waals surface area (Å²) in [4.78, 5) is 19.5. The minimum absolute atomic E-state index is 0.00487. The maximum absolute atomic E-state index is 13.8. The molecule has 1 amide bonds. The van der Waals surface area contributed by atoms with Crippen LogP contribution in [-0.4, -0.2) is 48.7 Å². The van der Waals surface area contributed by atoms with E-state index in [1.165, 1.54) is 0 Å². The number of sulfone groups is 1. The molecule has 210 valence electrons. The van der Waals surface area contributed by atoms with Crippen molar-refractivity contribution >= 4 is 38.9 Å². The Labute approximate surface area is 209 Å². The summed E-state index contributed by atoms with van der Waals surface area (Å²) in [5.74, 6) is -8.69. The number of rotatable bonds is 9. The van der Waals surface area contributed by atoms with E-state index in [1.807, 2.05) is 5.32 Å². The average molecular weight is 604 g/mol. The Hall–Kier alpha value is -3.29. The van der Waals surface area contributed by atoms with Crippen molar-refractivity contribution in [2.75, 3.05) is 11.9 Å². The number of nitro groups is 1. The van der Waals surface area contributed by atoms with Crippen LogP contribution in [0.2, 0.25) is 0 Å². The maximum Gasteiger partial charge on any atom is 0.501 e. The van der Waals surface area contributed by atoms with Crippen LogP contribution in [0, 0.1) is 10.1 Å². The highest BCUT2D eigenvalue weighted by Gasteiger charge is 2.73. The van der Waals surface area contributed by atoms with Gasteiger partial charge >= 0.3 is 28.5 Å². The number of ether oxygens (including phenoxy) is 1. The van der Waals surface area contributed by atoms with Crippen LogP contribution in [0.4, 0.5) is 55.3 Å². The first-order valence-corrected chi connectivity index (χ1v) is 11.5. The van der Waals surface area contributed by atoms with Crippen molar-refractivity contribution in [1.82, 2.24) is 0 Å². The van der Waals surface area contributed by atoms with Gasteiger partial charge in [0.1, 0.15) is 0 Å². The van der Waals surface area contributed by atoms with Gasteiger partial charge in [-0.25, -0.2) is 8.42 Å². The number of carbonyl (C=O) groups is 1. The number of nitrogens with zero attached hydrogens (tertiary/aromatic N) is 1. The van der Waals surface area contributed by atoms with Crippen LogP contribution >= 0.6 is 11.8 Å². The molecule has 2 aromatic carbocycles. The average Bonchev–Trinajstić information content (AvgIpc) is 2.77. The molecule has 2 aromatic rings. The van der Waals surface area contributed by atoms with Crippen LogP contribution in [0.15, 0.2) is 52.3 Å². The molecule has 8 nitrogen and oxygen atoms in total. The van der Waals surface area contributed by atoms with E-state index in [2.05, 4.69) is 0 Å². The summed E-state index contributed by atoms with van der Waals surface area (Å²) in [5, 5.41) is 7.27. The summed E-state index contributed by atoms with van der Waals surface area (Å²) < 4.78 is 157. The Morgan fingerprint density at radius 2 is 1.55 bits per heavy atom. The van der Waals surface area contributed by atoms with Crippen LogP contribution in [0.3, 0.4) is 0 Å². The largest absolute Gasteiger partial charge is 0.501 e. The number of anilines is 1. The number of nitrogens with one attached hydrogen (secondary N) is 1. The summed E-state index contributed by atoms with van der Waals surface area (Å²) in [6, 6.07) is 4.27. The number of hydrogen-bond donors (Lipinski definition) is 1. The minimum Gasteiger partial charge on any atom is -0.477 e. The van der Waals surface area contributed by atoms with Gasteiger partial charge in [-0.3, -0.25) is 14.9 Å². The minimum atomic E-state index is -6.61. The second-order valence-electron chi connectivity index (χ2n) is 6.86. The zero-order valence-electron chi connectivity index (χ0n) is 17.7. The molecule has 0 aromatic heterocycles. The predicted octanol–water partition coefficient (Wildman–Crippen LogP) is 5.79. The van der Waals surface area contributed by atoms with Gasteiger partial charge in [0, 0.05) is 11.0 Å². The molecule has 0 radical (unpaired) electrons. The van der Waals surface area contributed by atoms with Crippen molar-refractivity contribution in [3.05, 3.63) is 52.6 Å². The molecule has 0 saturated carbocycles. The molecular weight excluding hydrogens is 594 g/mol. The lowest BCUT2D eigenvalue weighted by atomic mass is 10.3. The third kappa shape index (κ3) is 6.40. The van der Waals surface area contributed by atoms with E-state index in [1.54, 1.807) is 0 Å². The van der Waals surface area contributed by atoms with Gasteiger partial charge in [-0.05, 0) is 36.0 Å². The van der Waals surface area contributed by atoms with Gasteiger partial charge in [-0.1, -0.05) is 12.1 Å². The van der Waals surface area contributed by atoms with Gasteiger partial charge in [0.15, 0.2) is 12.4 Å². The maximum atomic E-state index is 13.8. The summed E-state index contributed by atoms with van der Waals surface area (Å²) in [7, 11) is -5.99. The van der Waals surface area contributed by atoms with Crippen LogP contribution in [0.1, 0.15) is 0 Å². The summed E-state index contributed by atoms with van der Waals surface area (Å²) in [6.07, 6.45) is -6.61. The fourth-order valence-electron chi connectivity index (χ4n) is 2.42. The lowest BCUT2D eigenvalue weighted by Crippen LogP contribution is -2.49. The number of nitro benzene ring substituents is 1. The molecule has 38 heavy (non-hydrogen) atoms. The lowest BCUT2D eigenvalue weighted by molar-refractivity contribution is -0.386. The van der Waals surface area contributed by atoms with E-state index >= 15 is 0 Å². The molecule has 1 N–H and O–H groups in total. The molecule has 0 bridgehead atoms. The number of thioether (sulfide) groups is 1. The second-order valence-corrected chi connectivity index (χ2v) is 9.96. The second kappa shape index (κ2) is 10.5. The number of para-hydroxylation sites is 1. The molecule has 0 aliphatic rings. The molecule has 0 heterocycles. The van der Waals surface area contributed by atoms with Gasteiger partial charge in [-0.15, -0.1) is 0 Å². The molecule has 20 heteroatoms. The Morgan fingerprint density at radius 1 is 0.974 bits per heavy atom. The molecule has 0 aliphatic heterocycles. The van der Waals surface area contributed by atoms with Gasteiger partial charge in [0.05, 0.1) is 15.5 Å². The summed E-state index contributed by atoms with van der Waals surface area (Å²) in [5.41, 5.74) is -7.80. The number of amides is 1. The number of hydrogen-bond acceptors (Lipinski definition) is 7. The first-order chi connectivity index (χ1) is 17.1. The highest BCUT2D eigenvalue weighted by molar-refractivity contribution is 8.00. The normalized spacial score (nSPS) is 13.2. The summed E-state index contributed by atoms with van der Waals surface area (Å²) >= 11 is -1.22. The first-order valence-electron chi connectivity index (χ1n) is 9.24. The van der Waals surface area contributed by atoms with Crippen LogP contribution < -0.4 is 10.1 Å². The predicted molar refractivity (Wildman–Crippen MR) is 109 cm³/mol. The molecule has 0 fully saturated rings. The number of alkyl halides is 10. The Bertz CT molecular complexity index is 1330. The molecule has 0 atom stereocenters. The lowest BCUT2D eigenvalue weighted by Gasteiger charge is -2.28. The number of benzene rings is 2. The van der Waals surface area contributed by atoms with Crippen molar-refractivity contribution in [2.45, 2.75) is 32.7 Å². The smallest absolute Gasteiger partial charge is 0.477 e. The van der Waals surface area contributed by atoms with E-state index < -0.39 is 88.8 Å². The molecular formula is C18H10F10N2O6S2. The van der Waals surface area contributed by atoms with Crippen LogP contribution in [0.25, 0.3) is 0 Å². The van der Waals surface area contributed by atoms with Crippen LogP contribution in [0.5, 0.6) is 5.75 Å². The zero-order chi connectivity index (χ0) is 29.3. The Kier molecular flexibility index (Phi) is 8.52. The first kappa shape index (κ1) is 30.9. The van der Waals surface area contributed by atoms with Crippen molar-refractivity contribution in [1.29, 1.82) is 0 Å². The van der Waals surface area contributed by atoms with Crippen molar-refractivity contribution in [2.24, 2.45) is 0 Å². The standard InChI is InChI=1S/C18H10F10N2O6S2/c19-15(20,16(21,22)23)17(24,25)37-13-4-2-1-3-10(13)29-14(31)8-36-12-6-5-9(7-11(12)30(32)33)38(34,35)18(26,27)28/h1-7H,8H2,(H,29,31). The van der Waals surface area contributed by atoms with Crippen molar-refractivity contribution in [3.8, 4) is 5.75 Å². The molecule has 0 saturated heterocycles. The number of halogens is 10. The van der Waals surface area contributed by atoms with E-state index in [0.29, 0.717) is 12.1 Å². The monoisotopic (exact) mass is 604 g/mol. The fraction of sp³-hybridized carbons (Fsp3) is 0.278. The highest BCUT2D eigenvalue weighted by atomic mass is 32.2. The zero-order valence-corrected chi connectivity index (χ0v) is 19.4. The SMILES string of the molecule is O=C(COc1ccc(S(=O)(=O)C(F)(F)F)cc1[N+](=O)[O-])Nc1ccccc1SC(F)(F)C(F)(F)C(F)(F)F. The van der Waals surface area contributed by atoms with Gasteiger partial charge in [0.2, 0.25) is 0 Å². The van der Waals surface area contributed by atoms with Gasteiger partial charge in [0.25, 0.3) is 15.7 Å². The fourth-order valence-corrected chi connectivity index (χ4v) is 4.10. The third-order valence-electron chi connectivity index (χ3n) is 4.22. The van der Waals surface area contributed by atoms with Crippen LogP contribution in [-0.2, 0) is 14.6 Å². The van der Waals surface area contributed by atoms with Gasteiger partial charge < -0.3 is 10.1 Å². The quantitative estimate of drug-likeness (QED) is 0.167. The van der Waals surface area contributed by atoms with E-state index in [-0.39, 0.29) is 12.1 Å². The van der Waals surface area contributed by atoms with Gasteiger partial charge in [-0.2, -0.15) is 43.9 Å². The Morgan fingerprint density at radius 3 is 2.08 bits per heavy atom. The van der Waals surface area contributed by atoms with E-state index in [9.17, 15) is 67.2 Å². The van der Waals surface area contributed by atoms with E-state index in [4.69, 9.17) is 4.74 Å². The molecule has 0 spiro atoms.